The summed E-state index contributed by atoms with van der Waals surface area (Å²) in [5.74, 6) is -0.437. The molecule has 1 aliphatic heterocycles. The number of halogens is 1. The molecule has 38 heavy (non-hydrogen) atoms. The van der Waals surface area contributed by atoms with Crippen LogP contribution in [0.25, 0.3) is 0 Å². The average Bonchev–Trinajstić information content (AvgIpc) is 3.13. The molecule has 4 rings (SSSR count). The predicted molar refractivity (Wildman–Crippen MR) is 149 cm³/mol. The van der Waals surface area contributed by atoms with E-state index in [1.54, 1.807) is 80.9 Å². The van der Waals surface area contributed by atoms with Crippen LogP contribution in [-0.2, 0) is 14.3 Å². The van der Waals surface area contributed by atoms with Gasteiger partial charge in [-0.1, -0.05) is 35.5 Å². The van der Waals surface area contributed by atoms with E-state index < -0.39 is 5.91 Å². The van der Waals surface area contributed by atoms with Crippen molar-refractivity contribution in [1.82, 2.24) is 4.90 Å². The molecule has 3 amide bonds. The summed E-state index contributed by atoms with van der Waals surface area (Å²) in [5, 5.41) is 6.42. The first-order chi connectivity index (χ1) is 18.4. The Bertz CT molecular complexity index is 1380. The van der Waals surface area contributed by atoms with Gasteiger partial charge in [0, 0.05) is 47.1 Å². The molecule has 0 spiro atoms. The zero-order chi connectivity index (χ0) is 27.1. The van der Waals surface area contributed by atoms with Crippen molar-refractivity contribution in [2.75, 3.05) is 38.0 Å². The van der Waals surface area contributed by atoms with Gasteiger partial charge in [-0.3, -0.25) is 19.3 Å². The topological polar surface area (TPSA) is 97.0 Å². The molecule has 0 atom stereocenters. The lowest BCUT2D eigenvalue weighted by Gasteiger charge is -2.14. The van der Waals surface area contributed by atoms with Gasteiger partial charge >= 0.3 is 0 Å². The van der Waals surface area contributed by atoms with Crippen LogP contribution >= 0.6 is 23.4 Å². The maximum atomic E-state index is 13.3. The summed E-state index contributed by atoms with van der Waals surface area (Å²) in [6.45, 7) is 0.661. The minimum Gasteiger partial charge on any atom is -0.497 e. The lowest BCUT2D eigenvalue weighted by atomic mass is 10.2. The van der Waals surface area contributed by atoms with Crippen LogP contribution in [0.4, 0.5) is 11.4 Å². The highest BCUT2D eigenvalue weighted by Gasteiger charge is 2.38. The lowest BCUT2D eigenvalue weighted by molar-refractivity contribution is -0.137. The van der Waals surface area contributed by atoms with Crippen molar-refractivity contribution < 1.29 is 23.9 Å². The van der Waals surface area contributed by atoms with Crippen LogP contribution in [0.1, 0.15) is 16.8 Å². The van der Waals surface area contributed by atoms with E-state index in [2.05, 4.69) is 10.6 Å². The van der Waals surface area contributed by atoms with Crippen LogP contribution in [0.2, 0.25) is 5.02 Å². The molecule has 3 aromatic carbocycles. The number of methoxy groups -OCH3 is 2. The number of ether oxygens (including phenoxy) is 2. The normalized spacial score (nSPS) is 13.2. The largest absolute Gasteiger partial charge is 0.497 e. The van der Waals surface area contributed by atoms with Crippen LogP contribution in [0.15, 0.2) is 88.3 Å². The van der Waals surface area contributed by atoms with E-state index in [1.165, 1.54) is 4.90 Å². The van der Waals surface area contributed by atoms with Crippen molar-refractivity contribution in [3.05, 3.63) is 94.0 Å². The van der Waals surface area contributed by atoms with Gasteiger partial charge in [-0.25, -0.2) is 0 Å². The molecule has 0 unspecified atom stereocenters. The van der Waals surface area contributed by atoms with Crippen LogP contribution in [0, 0.1) is 0 Å². The number of amides is 3. The van der Waals surface area contributed by atoms with Crippen molar-refractivity contribution in [1.29, 1.82) is 0 Å². The molecular weight excluding hydrogens is 526 g/mol. The molecule has 0 saturated carbocycles. The molecule has 0 radical (unpaired) electrons. The molecule has 0 bridgehead atoms. The molecule has 0 aliphatic carbocycles. The number of anilines is 2. The first kappa shape index (κ1) is 27.3. The third-order valence-electron chi connectivity index (χ3n) is 5.61. The molecule has 1 heterocycles. The minimum absolute atomic E-state index is 0.191. The summed E-state index contributed by atoms with van der Waals surface area (Å²) in [6, 6.07) is 20.8. The van der Waals surface area contributed by atoms with Gasteiger partial charge in [-0.05, 0) is 67.1 Å². The number of nitrogens with one attached hydrogen (secondary N) is 2. The second-order valence-electron chi connectivity index (χ2n) is 8.26. The molecular formula is C28H26ClN3O5S. The van der Waals surface area contributed by atoms with Crippen LogP contribution in [0.5, 0.6) is 5.75 Å². The molecule has 0 fully saturated rings. The van der Waals surface area contributed by atoms with Crippen molar-refractivity contribution in [3.8, 4) is 5.75 Å². The minimum atomic E-state index is -0.408. The molecule has 1 aliphatic rings. The second-order valence-corrected chi connectivity index (χ2v) is 9.78. The van der Waals surface area contributed by atoms with Gasteiger partial charge in [-0.2, -0.15) is 0 Å². The van der Waals surface area contributed by atoms with Gasteiger partial charge in [0.25, 0.3) is 17.7 Å². The Labute approximate surface area is 229 Å². The van der Waals surface area contributed by atoms with E-state index in [9.17, 15) is 14.4 Å². The first-order valence-electron chi connectivity index (χ1n) is 11.7. The van der Waals surface area contributed by atoms with E-state index >= 15 is 0 Å². The summed E-state index contributed by atoms with van der Waals surface area (Å²) in [4.78, 5) is 41.4. The number of rotatable bonds is 11. The van der Waals surface area contributed by atoms with Gasteiger partial charge in [0.1, 0.15) is 16.4 Å². The molecule has 10 heteroatoms. The molecule has 0 saturated heterocycles. The fourth-order valence-corrected chi connectivity index (χ4v) is 4.93. The predicted octanol–water partition coefficient (Wildman–Crippen LogP) is 5.42. The van der Waals surface area contributed by atoms with Gasteiger partial charge in [0.15, 0.2) is 0 Å². The number of thioether (sulfide) groups is 1. The number of imide groups is 1. The molecule has 0 aromatic heterocycles. The summed E-state index contributed by atoms with van der Waals surface area (Å²) in [7, 11) is 3.14. The Kier molecular flexibility index (Phi) is 9.06. The quantitative estimate of drug-likeness (QED) is 0.242. The van der Waals surface area contributed by atoms with E-state index in [-0.39, 0.29) is 29.0 Å². The third kappa shape index (κ3) is 6.55. The first-order valence-corrected chi connectivity index (χ1v) is 12.9. The molecule has 2 N–H and O–H groups in total. The standard InChI is InChI=1S/C28H26ClN3O5S/c1-36-15-5-14-32-27(34)24(30-20-10-12-22(37-2)13-11-20)25(28(32)35)38-23-9-4-8-21(17-23)31-26(33)18-6-3-7-19(29)16-18/h3-4,6-13,16-17,30H,5,14-15H2,1-2H3,(H,31,33). The highest BCUT2D eigenvalue weighted by atomic mass is 35.5. The third-order valence-corrected chi connectivity index (χ3v) is 6.92. The molecule has 3 aromatic rings. The van der Waals surface area contributed by atoms with Crippen molar-refractivity contribution in [2.24, 2.45) is 0 Å². The zero-order valence-corrected chi connectivity index (χ0v) is 22.4. The Morgan fingerprint density at radius 3 is 2.42 bits per heavy atom. The monoisotopic (exact) mass is 551 g/mol. The van der Waals surface area contributed by atoms with Crippen LogP contribution in [-0.4, -0.2) is 50.0 Å². The van der Waals surface area contributed by atoms with Crippen LogP contribution in [0.3, 0.4) is 0 Å². The van der Waals surface area contributed by atoms with Gasteiger partial charge in [0.2, 0.25) is 0 Å². The summed E-state index contributed by atoms with van der Waals surface area (Å²) in [5.41, 5.74) is 1.80. The Morgan fingerprint density at radius 2 is 1.71 bits per heavy atom. The Hall–Kier alpha value is -3.79. The number of nitrogens with zero attached hydrogens (tertiary/aromatic N) is 1. The fraction of sp³-hybridized carbons (Fsp3) is 0.179. The summed E-state index contributed by atoms with van der Waals surface area (Å²) < 4.78 is 10.3. The summed E-state index contributed by atoms with van der Waals surface area (Å²) in [6.07, 6.45) is 0.521. The number of carbonyl (C=O) groups is 3. The van der Waals surface area contributed by atoms with Gasteiger partial charge in [0.05, 0.1) is 7.11 Å². The van der Waals surface area contributed by atoms with Crippen molar-refractivity contribution in [2.45, 2.75) is 11.3 Å². The van der Waals surface area contributed by atoms with Gasteiger partial charge < -0.3 is 20.1 Å². The Balaban J connectivity index is 1.58. The number of benzene rings is 3. The highest BCUT2D eigenvalue weighted by Crippen LogP contribution is 2.37. The van der Waals surface area contributed by atoms with Crippen molar-refractivity contribution >= 4 is 52.5 Å². The van der Waals surface area contributed by atoms with Crippen LogP contribution < -0.4 is 15.4 Å². The second kappa shape index (κ2) is 12.6. The Morgan fingerprint density at radius 1 is 0.947 bits per heavy atom. The maximum absolute atomic E-state index is 13.3. The molecule has 196 valence electrons. The van der Waals surface area contributed by atoms with E-state index in [1.807, 2.05) is 6.07 Å². The SMILES string of the molecule is COCCCN1C(=O)C(Nc2ccc(OC)cc2)=C(Sc2cccc(NC(=O)c3cccc(Cl)c3)c2)C1=O. The summed E-state index contributed by atoms with van der Waals surface area (Å²) >= 11 is 7.16. The van der Waals surface area contributed by atoms with E-state index in [0.29, 0.717) is 45.6 Å². The fourth-order valence-electron chi connectivity index (χ4n) is 3.74. The highest BCUT2D eigenvalue weighted by molar-refractivity contribution is 8.04. The van der Waals surface area contributed by atoms with Crippen molar-refractivity contribution in [3.63, 3.8) is 0 Å². The number of hydrogen-bond acceptors (Lipinski definition) is 7. The van der Waals surface area contributed by atoms with E-state index in [0.717, 1.165) is 11.8 Å². The molecule has 8 nitrogen and oxygen atoms in total. The number of carbonyl (C=O) groups excluding carboxylic acids is 3. The van der Waals surface area contributed by atoms with E-state index in [4.69, 9.17) is 21.1 Å². The lowest BCUT2D eigenvalue weighted by Crippen LogP contribution is -2.33. The number of hydrogen-bond donors (Lipinski definition) is 2. The average molecular weight is 552 g/mol. The maximum Gasteiger partial charge on any atom is 0.278 e. The smallest absolute Gasteiger partial charge is 0.278 e. The zero-order valence-electron chi connectivity index (χ0n) is 20.8. The van der Waals surface area contributed by atoms with Gasteiger partial charge in [-0.15, -0.1) is 0 Å².